The summed E-state index contributed by atoms with van der Waals surface area (Å²) in [5.41, 5.74) is 1.63. The minimum absolute atomic E-state index is 0.357. The lowest BCUT2D eigenvalue weighted by Gasteiger charge is -2.13. The molecule has 0 saturated heterocycles. The van der Waals surface area contributed by atoms with Crippen molar-refractivity contribution in [1.82, 2.24) is 0 Å². The van der Waals surface area contributed by atoms with E-state index in [1.165, 1.54) is 0 Å². The van der Waals surface area contributed by atoms with Gasteiger partial charge >= 0.3 is 7.32 Å². The monoisotopic (exact) mass is 227 g/mol. The van der Waals surface area contributed by atoms with Crippen molar-refractivity contribution in [2.75, 3.05) is 0 Å². The Morgan fingerprint density at radius 2 is 2.00 bits per heavy atom. The second-order valence-corrected chi connectivity index (χ2v) is 3.83. The van der Waals surface area contributed by atoms with Crippen LogP contribution in [0.1, 0.15) is 11.1 Å². The van der Waals surface area contributed by atoms with E-state index in [4.69, 9.17) is 26.3 Å². The molecule has 2 N–H and O–H groups in total. The maximum Gasteiger partial charge on any atom is 0.707 e. The number of halogens is 1. The van der Waals surface area contributed by atoms with Crippen LogP contribution in [0.15, 0.2) is 6.07 Å². The summed E-state index contributed by atoms with van der Waals surface area (Å²) < 4.78 is 4.77. The van der Waals surface area contributed by atoms with Gasteiger partial charge in [-0.3, -0.25) is 0 Å². The molecule has 0 aliphatic rings. The van der Waals surface area contributed by atoms with Gasteiger partial charge in [0.25, 0.3) is 0 Å². The van der Waals surface area contributed by atoms with Gasteiger partial charge in [0, 0.05) is 5.02 Å². The molecule has 1 aromatic carbocycles. The lowest BCUT2D eigenvalue weighted by Crippen LogP contribution is -2.25. The zero-order chi connectivity index (χ0) is 10.9. The molecule has 3 radical (unpaired) electrons. The highest BCUT2D eigenvalue weighted by molar-refractivity contribution is 6.41. The van der Waals surface area contributed by atoms with E-state index in [1.54, 1.807) is 6.07 Å². The van der Waals surface area contributed by atoms with Crippen LogP contribution >= 0.6 is 11.6 Å². The van der Waals surface area contributed by atoms with Crippen molar-refractivity contribution in [2.45, 2.75) is 13.8 Å². The lowest BCUT2D eigenvalue weighted by molar-refractivity contribution is 0.289. The highest BCUT2D eigenvalue weighted by Crippen LogP contribution is 2.23. The topological polar surface area (TPSA) is 49.7 Å². The van der Waals surface area contributed by atoms with Gasteiger partial charge in [-0.2, -0.15) is 0 Å². The largest absolute Gasteiger partial charge is 0.707 e. The third-order valence-electron chi connectivity index (χ3n) is 1.88. The van der Waals surface area contributed by atoms with Gasteiger partial charge in [0.05, 0.1) is 10.2 Å². The zero-order valence-electron chi connectivity index (χ0n) is 7.84. The molecule has 0 amide bonds. The summed E-state index contributed by atoms with van der Waals surface area (Å²) in [7, 11) is 1.49. The number of hydrogen-bond acceptors (Lipinski definition) is 3. The Morgan fingerprint density at radius 1 is 1.43 bits per heavy atom. The lowest BCUT2D eigenvalue weighted by atomic mass is 10.1. The van der Waals surface area contributed by atoms with E-state index in [0.717, 1.165) is 11.1 Å². The quantitative estimate of drug-likeness (QED) is 0.705. The number of hydrogen-bond donors (Lipinski definition) is 2. The van der Waals surface area contributed by atoms with E-state index < -0.39 is 7.32 Å². The summed E-state index contributed by atoms with van der Waals surface area (Å²) in [4.78, 5) is 0. The average Bonchev–Trinajstić information content (AvgIpc) is 2.10. The van der Waals surface area contributed by atoms with Crippen molar-refractivity contribution >= 4 is 34.4 Å². The highest BCUT2D eigenvalue weighted by Gasteiger charge is 2.15. The van der Waals surface area contributed by atoms with Crippen LogP contribution in [0.25, 0.3) is 0 Å². The first-order valence-corrected chi connectivity index (χ1v) is 4.85. The molecule has 0 heterocycles. The van der Waals surface area contributed by atoms with E-state index in [-0.39, 0.29) is 0 Å². The number of benzene rings is 1. The molecule has 0 unspecified atom stereocenters. The predicted molar refractivity (Wildman–Crippen MR) is 57.1 cm³/mol. The van der Waals surface area contributed by atoms with Crippen LogP contribution in [0.2, 0.25) is 5.02 Å². The van der Waals surface area contributed by atoms with Crippen LogP contribution in [0.5, 0.6) is 5.75 Å². The van der Waals surface area contributed by atoms with Gasteiger partial charge in [-0.25, -0.2) is 0 Å². The fourth-order valence-electron chi connectivity index (χ4n) is 1.13. The van der Waals surface area contributed by atoms with Gasteiger partial charge in [0.2, 0.25) is 0 Å². The van der Waals surface area contributed by atoms with E-state index in [0.29, 0.717) is 16.0 Å². The van der Waals surface area contributed by atoms with Crippen molar-refractivity contribution in [2.24, 2.45) is 0 Å². The molecular formula is C8H9BClO3Si. The molecule has 14 heavy (non-hydrogen) atoms. The standard InChI is InChI=1S/C8H9BClO3Si/c1-4-3-6(13-9(11)12)8(14)5(2)7(4)10/h3,11-12H,1-2H3. The van der Waals surface area contributed by atoms with E-state index >= 15 is 0 Å². The van der Waals surface area contributed by atoms with Gasteiger partial charge in [0.15, 0.2) is 0 Å². The molecule has 1 rings (SSSR count). The van der Waals surface area contributed by atoms with Crippen molar-refractivity contribution in [1.29, 1.82) is 0 Å². The predicted octanol–water partition coefficient (Wildman–Crippen LogP) is 0.0989. The van der Waals surface area contributed by atoms with Crippen molar-refractivity contribution in [3.8, 4) is 5.75 Å². The molecule has 6 heteroatoms. The fourth-order valence-corrected chi connectivity index (χ4v) is 1.61. The minimum Gasteiger partial charge on any atom is -0.512 e. The molecule has 73 valence electrons. The van der Waals surface area contributed by atoms with Crippen LogP contribution in [0.3, 0.4) is 0 Å². The van der Waals surface area contributed by atoms with Crippen LogP contribution in [0, 0.1) is 13.8 Å². The second-order valence-electron chi connectivity index (χ2n) is 2.95. The normalized spacial score (nSPS) is 10.1. The fraction of sp³-hybridized carbons (Fsp3) is 0.250. The van der Waals surface area contributed by atoms with Gasteiger partial charge in [-0.1, -0.05) is 11.6 Å². The third kappa shape index (κ3) is 2.30. The first-order chi connectivity index (χ1) is 6.43. The van der Waals surface area contributed by atoms with E-state index in [1.807, 2.05) is 13.8 Å². The Bertz CT molecular complexity index is 357. The van der Waals surface area contributed by atoms with Crippen LogP contribution in [-0.2, 0) is 0 Å². The SMILES string of the molecule is Cc1cc(OB(O)O)c([Si])c(C)c1Cl. The zero-order valence-corrected chi connectivity index (χ0v) is 9.59. The molecule has 0 aliphatic heterocycles. The second kappa shape index (κ2) is 4.36. The first-order valence-electron chi connectivity index (χ1n) is 3.97. The summed E-state index contributed by atoms with van der Waals surface area (Å²) in [5.74, 6) is 0.357. The summed E-state index contributed by atoms with van der Waals surface area (Å²) in [5, 5.41) is 18.6. The van der Waals surface area contributed by atoms with Crippen LogP contribution < -0.4 is 9.84 Å². The van der Waals surface area contributed by atoms with Gasteiger partial charge in [-0.05, 0) is 36.2 Å². The maximum atomic E-state index is 8.66. The molecule has 0 aromatic heterocycles. The Balaban J connectivity index is 3.19. The first kappa shape index (κ1) is 11.6. The van der Waals surface area contributed by atoms with Crippen molar-refractivity contribution < 1.29 is 14.7 Å². The molecule has 0 saturated carbocycles. The number of aryl methyl sites for hydroxylation is 1. The van der Waals surface area contributed by atoms with Crippen LogP contribution in [0.4, 0.5) is 0 Å². The molecule has 1 aromatic rings. The molecule has 0 bridgehead atoms. The Morgan fingerprint density at radius 3 is 2.50 bits per heavy atom. The summed E-state index contributed by atoms with van der Waals surface area (Å²) in [6.07, 6.45) is 0. The maximum absolute atomic E-state index is 8.66. The van der Waals surface area contributed by atoms with Gasteiger partial charge < -0.3 is 14.7 Å². The summed E-state index contributed by atoms with van der Waals surface area (Å²) in [6.45, 7) is 3.63. The molecule has 0 fully saturated rings. The number of rotatable bonds is 2. The van der Waals surface area contributed by atoms with E-state index in [2.05, 4.69) is 10.2 Å². The minimum atomic E-state index is -1.83. The molecule has 0 atom stereocenters. The van der Waals surface area contributed by atoms with Crippen LogP contribution in [-0.4, -0.2) is 27.6 Å². The van der Waals surface area contributed by atoms with Gasteiger partial charge in [0.1, 0.15) is 5.75 Å². The average molecular weight is 228 g/mol. The molecule has 0 aliphatic carbocycles. The van der Waals surface area contributed by atoms with Gasteiger partial charge in [-0.15, -0.1) is 0 Å². The highest BCUT2D eigenvalue weighted by atomic mass is 35.5. The summed E-state index contributed by atoms with van der Waals surface area (Å²) >= 11 is 5.98. The third-order valence-corrected chi connectivity index (χ3v) is 3.08. The molecular weight excluding hydrogens is 218 g/mol. The molecule has 0 spiro atoms. The van der Waals surface area contributed by atoms with E-state index in [9.17, 15) is 0 Å². The Kier molecular flexibility index (Phi) is 3.60. The van der Waals surface area contributed by atoms with Crippen molar-refractivity contribution in [3.05, 3.63) is 22.2 Å². The summed E-state index contributed by atoms with van der Waals surface area (Å²) in [6, 6.07) is 1.64. The Hall–Kier alpha value is -0.488. The smallest absolute Gasteiger partial charge is 0.512 e. The molecule has 3 nitrogen and oxygen atoms in total. The van der Waals surface area contributed by atoms with Crippen molar-refractivity contribution in [3.63, 3.8) is 0 Å². The Labute approximate surface area is 91.3 Å².